The van der Waals surface area contributed by atoms with Crippen molar-refractivity contribution in [3.63, 3.8) is 0 Å². The Morgan fingerprint density at radius 1 is 1.37 bits per heavy atom. The van der Waals surface area contributed by atoms with Crippen LogP contribution in [0.4, 0.5) is 5.95 Å². The molecule has 2 rings (SSSR count). The molecule has 19 heavy (non-hydrogen) atoms. The Bertz CT molecular complexity index is 512. The standard InChI is InChI=1S/C12H18N6O/c1-3-7-18-9-15-17-10(18)8-14-12-13-6-5-11(16-12)19-4-2/h5-6,9H,3-4,7-8H2,1-2H3,(H,13,14,16). The van der Waals surface area contributed by atoms with Crippen LogP contribution >= 0.6 is 0 Å². The van der Waals surface area contributed by atoms with E-state index in [2.05, 4.69) is 32.4 Å². The van der Waals surface area contributed by atoms with E-state index in [1.165, 1.54) is 0 Å². The van der Waals surface area contributed by atoms with Gasteiger partial charge in [0.1, 0.15) is 6.33 Å². The van der Waals surface area contributed by atoms with Crippen LogP contribution < -0.4 is 10.1 Å². The largest absolute Gasteiger partial charge is 0.478 e. The van der Waals surface area contributed by atoms with E-state index < -0.39 is 0 Å². The lowest BCUT2D eigenvalue weighted by Crippen LogP contribution is -2.10. The number of anilines is 1. The lowest BCUT2D eigenvalue weighted by atomic mass is 10.4. The Balaban J connectivity index is 1.97. The van der Waals surface area contributed by atoms with E-state index in [0.29, 0.717) is 25.0 Å². The van der Waals surface area contributed by atoms with Gasteiger partial charge in [0.2, 0.25) is 11.8 Å². The summed E-state index contributed by atoms with van der Waals surface area (Å²) in [5.41, 5.74) is 0. The molecule has 0 fully saturated rings. The topological polar surface area (TPSA) is 77.8 Å². The third-order valence-electron chi connectivity index (χ3n) is 2.49. The second-order valence-electron chi connectivity index (χ2n) is 3.95. The number of hydrogen-bond acceptors (Lipinski definition) is 6. The molecule has 0 aliphatic rings. The lowest BCUT2D eigenvalue weighted by molar-refractivity contribution is 0.326. The van der Waals surface area contributed by atoms with Gasteiger partial charge >= 0.3 is 0 Å². The number of hydrogen-bond donors (Lipinski definition) is 1. The zero-order chi connectivity index (χ0) is 13.5. The van der Waals surface area contributed by atoms with Gasteiger partial charge in [-0.15, -0.1) is 10.2 Å². The average Bonchev–Trinajstić information content (AvgIpc) is 2.85. The van der Waals surface area contributed by atoms with E-state index >= 15 is 0 Å². The Morgan fingerprint density at radius 2 is 2.26 bits per heavy atom. The van der Waals surface area contributed by atoms with Gasteiger partial charge in [-0.25, -0.2) is 4.98 Å². The molecule has 0 aromatic carbocycles. The molecule has 102 valence electrons. The first-order valence-electron chi connectivity index (χ1n) is 6.39. The minimum atomic E-state index is 0.525. The first-order valence-corrected chi connectivity index (χ1v) is 6.39. The molecule has 7 nitrogen and oxygen atoms in total. The van der Waals surface area contributed by atoms with Crippen molar-refractivity contribution in [2.45, 2.75) is 33.4 Å². The van der Waals surface area contributed by atoms with Crippen LogP contribution in [0.15, 0.2) is 18.6 Å². The first kappa shape index (κ1) is 13.3. The van der Waals surface area contributed by atoms with Crippen LogP contribution in [0, 0.1) is 0 Å². The zero-order valence-corrected chi connectivity index (χ0v) is 11.2. The molecule has 0 saturated carbocycles. The van der Waals surface area contributed by atoms with Crippen molar-refractivity contribution in [3.05, 3.63) is 24.4 Å². The van der Waals surface area contributed by atoms with E-state index in [4.69, 9.17) is 4.74 Å². The molecule has 2 heterocycles. The maximum absolute atomic E-state index is 5.32. The molecule has 0 atom stereocenters. The van der Waals surface area contributed by atoms with E-state index in [1.807, 2.05) is 11.5 Å². The number of nitrogens with zero attached hydrogens (tertiary/aromatic N) is 5. The van der Waals surface area contributed by atoms with Gasteiger partial charge in [-0.05, 0) is 13.3 Å². The van der Waals surface area contributed by atoms with Crippen LogP contribution in [0.2, 0.25) is 0 Å². The molecule has 0 radical (unpaired) electrons. The summed E-state index contributed by atoms with van der Waals surface area (Å²) < 4.78 is 7.33. The highest BCUT2D eigenvalue weighted by Gasteiger charge is 2.05. The van der Waals surface area contributed by atoms with Crippen molar-refractivity contribution in [2.24, 2.45) is 0 Å². The summed E-state index contributed by atoms with van der Waals surface area (Å²) >= 11 is 0. The molecular formula is C12H18N6O. The summed E-state index contributed by atoms with van der Waals surface area (Å²) in [7, 11) is 0. The van der Waals surface area contributed by atoms with E-state index in [9.17, 15) is 0 Å². The van der Waals surface area contributed by atoms with Gasteiger partial charge in [-0.2, -0.15) is 4.98 Å². The van der Waals surface area contributed by atoms with Crippen LogP contribution in [-0.4, -0.2) is 31.3 Å². The highest BCUT2D eigenvalue weighted by Crippen LogP contribution is 2.09. The number of nitrogens with one attached hydrogen (secondary N) is 1. The normalized spacial score (nSPS) is 10.4. The second kappa shape index (κ2) is 6.67. The predicted octanol–water partition coefficient (Wildman–Crippen LogP) is 1.49. The molecule has 0 spiro atoms. The van der Waals surface area contributed by atoms with Gasteiger partial charge < -0.3 is 14.6 Å². The molecular weight excluding hydrogens is 244 g/mol. The van der Waals surface area contributed by atoms with Crippen molar-refractivity contribution >= 4 is 5.95 Å². The maximum atomic E-state index is 5.32. The molecule has 1 N–H and O–H groups in total. The van der Waals surface area contributed by atoms with Crippen LogP contribution in [0.1, 0.15) is 26.1 Å². The van der Waals surface area contributed by atoms with Crippen LogP contribution in [0.3, 0.4) is 0 Å². The Morgan fingerprint density at radius 3 is 3.05 bits per heavy atom. The molecule has 0 bridgehead atoms. The van der Waals surface area contributed by atoms with Crippen LogP contribution in [0.5, 0.6) is 5.88 Å². The van der Waals surface area contributed by atoms with Crippen molar-refractivity contribution in [2.75, 3.05) is 11.9 Å². The average molecular weight is 262 g/mol. The second-order valence-corrected chi connectivity index (χ2v) is 3.95. The molecule has 0 amide bonds. The van der Waals surface area contributed by atoms with Gasteiger partial charge in [-0.1, -0.05) is 6.92 Å². The van der Waals surface area contributed by atoms with Crippen molar-refractivity contribution in [1.29, 1.82) is 0 Å². The summed E-state index contributed by atoms with van der Waals surface area (Å²) in [6.45, 7) is 6.06. The third-order valence-corrected chi connectivity index (χ3v) is 2.49. The zero-order valence-electron chi connectivity index (χ0n) is 11.2. The fourth-order valence-corrected chi connectivity index (χ4v) is 1.66. The Kier molecular flexibility index (Phi) is 4.66. The van der Waals surface area contributed by atoms with E-state index in [0.717, 1.165) is 18.8 Å². The predicted molar refractivity (Wildman–Crippen MR) is 70.8 cm³/mol. The first-order chi connectivity index (χ1) is 9.33. The summed E-state index contributed by atoms with van der Waals surface area (Å²) in [5.74, 6) is 1.96. The van der Waals surface area contributed by atoms with Crippen LogP contribution in [0.25, 0.3) is 0 Å². The van der Waals surface area contributed by atoms with E-state index in [1.54, 1.807) is 18.6 Å². The Hall–Kier alpha value is -2.18. The van der Waals surface area contributed by atoms with E-state index in [-0.39, 0.29) is 0 Å². The van der Waals surface area contributed by atoms with Gasteiger partial charge in [0.15, 0.2) is 5.82 Å². The number of rotatable bonds is 7. The molecule has 2 aromatic heterocycles. The molecule has 7 heteroatoms. The van der Waals surface area contributed by atoms with Gasteiger partial charge in [-0.3, -0.25) is 0 Å². The summed E-state index contributed by atoms with van der Waals surface area (Å²) in [6, 6.07) is 1.73. The molecule has 0 saturated heterocycles. The summed E-state index contributed by atoms with van der Waals surface area (Å²) in [4.78, 5) is 8.37. The SMILES string of the molecule is CCCn1cnnc1CNc1nccc(OCC)n1. The van der Waals surface area contributed by atoms with Gasteiger partial charge in [0.05, 0.1) is 13.2 Å². The monoisotopic (exact) mass is 262 g/mol. The van der Waals surface area contributed by atoms with Crippen molar-refractivity contribution < 1.29 is 4.74 Å². The number of aromatic nitrogens is 5. The van der Waals surface area contributed by atoms with Crippen molar-refractivity contribution in [1.82, 2.24) is 24.7 Å². The highest BCUT2D eigenvalue weighted by molar-refractivity contribution is 5.27. The molecule has 0 aliphatic carbocycles. The fraction of sp³-hybridized carbons (Fsp3) is 0.500. The highest BCUT2D eigenvalue weighted by atomic mass is 16.5. The minimum absolute atomic E-state index is 0.525. The summed E-state index contributed by atoms with van der Waals surface area (Å²) in [5, 5.41) is 11.1. The Labute approximate surface area is 112 Å². The quantitative estimate of drug-likeness (QED) is 0.814. The fourth-order valence-electron chi connectivity index (χ4n) is 1.66. The third kappa shape index (κ3) is 3.64. The van der Waals surface area contributed by atoms with Crippen molar-refractivity contribution in [3.8, 4) is 5.88 Å². The van der Waals surface area contributed by atoms with Gasteiger partial charge in [0.25, 0.3) is 0 Å². The molecule has 0 unspecified atom stereocenters. The molecule has 0 aliphatic heterocycles. The van der Waals surface area contributed by atoms with Crippen LogP contribution in [-0.2, 0) is 13.1 Å². The number of ether oxygens (including phenoxy) is 1. The summed E-state index contributed by atoms with van der Waals surface area (Å²) in [6.07, 6.45) is 4.44. The number of aryl methyl sites for hydroxylation is 1. The lowest BCUT2D eigenvalue weighted by Gasteiger charge is -2.07. The molecule has 2 aromatic rings. The maximum Gasteiger partial charge on any atom is 0.226 e. The van der Waals surface area contributed by atoms with Gasteiger partial charge in [0, 0.05) is 18.8 Å². The minimum Gasteiger partial charge on any atom is -0.478 e. The smallest absolute Gasteiger partial charge is 0.226 e.